The van der Waals surface area contributed by atoms with E-state index >= 15 is 0 Å². The number of rotatable bonds is 9. The van der Waals surface area contributed by atoms with Crippen molar-refractivity contribution in [3.05, 3.63) is 11.8 Å². The van der Waals surface area contributed by atoms with Crippen LogP contribution < -0.4 is 0 Å². The van der Waals surface area contributed by atoms with Crippen molar-refractivity contribution in [1.29, 1.82) is 0 Å². The molecule has 2 nitrogen and oxygen atoms in total. The highest BCUT2D eigenvalue weighted by Crippen LogP contribution is 2.35. The quantitative estimate of drug-likeness (QED) is 0.495. The average Bonchev–Trinajstić information content (AvgIpc) is 2.38. The number of alkyl halides is 2. The van der Waals surface area contributed by atoms with E-state index in [1.165, 1.54) is 6.08 Å². The van der Waals surface area contributed by atoms with Crippen molar-refractivity contribution < 1.29 is 18.7 Å². The summed E-state index contributed by atoms with van der Waals surface area (Å²) in [5, 5.41) is 10.1. The summed E-state index contributed by atoms with van der Waals surface area (Å²) in [5.74, 6) is -0.389. The molecule has 0 aliphatic rings. The predicted molar refractivity (Wildman–Crippen MR) is 73.7 cm³/mol. The fourth-order valence-electron chi connectivity index (χ4n) is 1.85. The molecule has 2 unspecified atom stereocenters. The van der Waals surface area contributed by atoms with Crippen molar-refractivity contribution in [2.75, 3.05) is 13.3 Å². The first kappa shape index (κ1) is 18.1. The minimum atomic E-state index is -0.799. The highest BCUT2D eigenvalue weighted by atomic mass is 19.1. The standard InChI is InChI=1S/C15H26F2O2/c1-5-14(3,7-9-16)12(18)11-13(19)15(4,6-2)8-10-17/h11,18H,5-10H2,1-4H3/b12-11-. The second-order valence-electron chi connectivity index (χ2n) is 5.60. The number of allylic oxidation sites excluding steroid dienone is 2. The Balaban J connectivity index is 5.15. The monoisotopic (exact) mass is 276 g/mol. The van der Waals surface area contributed by atoms with E-state index in [4.69, 9.17) is 0 Å². The van der Waals surface area contributed by atoms with Gasteiger partial charge >= 0.3 is 0 Å². The first-order chi connectivity index (χ1) is 8.79. The van der Waals surface area contributed by atoms with Crippen molar-refractivity contribution in [2.45, 2.75) is 53.4 Å². The maximum Gasteiger partial charge on any atom is 0.164 e. The summed E-state index contributed by atoms with van der Waals surface area (Å²) in [6, 6.07) is 0. The Morgan fingerprint density at radius 2 is 1.47 bits per heavy atom. The van der Waals surface area contributed by atoms with Gasteiger partial charge in [-0.3, -0.25) is 13.6 Å². The van der Waals surface area contributed by atoms with E-state index < -0.39 is 24.2 Å². The van der Waals surface area contributed by atoms with Crippen LogP contribution in [0.25, 0.3) is 0 Å². The number of carbonyl (C=O) groups is 1. The first-order valence-electron chi connectivity index (χ1n) is 6.87. The Hall–Kier alpha value is -0.930. The molecule has 0 amide bonds. The molecular formula is C15H26F2O2. The molecule has 0 saturated heterocycles. The van der Waals surface area contributed by atoms with Crippen molar-refractivity contribution in [1.82, 2.24) is 0 Å². The third-order valence-corrected chi connectivity index (χ3v) is 4.33. The number of ketones is 1. The zero-order valence-electron chi connectivity index (χ0n) is 12.4. The van der Waals surface area contributed by atoms with Gasteiger partial charge in [0.25, 0.3) is 0 Å². The van der Waals surface area contributed by atoms with Crippen LogP contribution in [0.1, 0.15) is 53.4 Å². The normalized spacial score (nSPS) is 18.7. The maximum atomic E-state index is 12.5. The molecule has 0 heterocycles. The molecule has 1 N–H and O–H groups in total. The second kappa shape index (κ2) is 7.61. The van der Waals surface area contributed by atoms with Gasteiger partial charge < -0.3 is 5.11 Å². The van der Waals surface area contributed by atoms with Crippen LogP contribution >= 0.6 is 0 Å². The summed E-state index contributed by atoms with van der Waals surface area (Å²) in [5.41, 5.74) is -1.53. The molecule has 0 bridgehead atoms. The number of aliphatic hydroxyl groups is 1. The summed E-state index contributed by atoms with van der Waals surface area (Å²) in [7, 11) is 0. The third kappa shape index (κ3) is 4.59. The zero-order chi connectivity index (χ0) is 15.1. The van der Waals surface area contributed by atoms with Crippen LogP contribution in [0.4, 0.5) is 8.78 Å². The number of aliphatic hydroxyl groups excluding tert-OH is 1. The molecule has 0 radical (unpaired) electrons. The Labute approximate surface area is 114 Å². The molecule has 0 aromatic carbocycles. The fraction of sp³-hybridized carbons (Fsp3) is 0.800. The molecule has 0 aliphatic heterocycles. The molecule has 0 aromatic rings. The van der Waals surface area contributed by atoms with Gasteiger partial charge in [-0.1, -0.05) is 27.7 Å². The largest absolute Gasteiger partial charge is 0.512 e. The molecule has 0 rings (SSSR count). The van der Waals surface area contributed by atoms with Crippen molar-refractivity contribution in [3.8, 4) is 0 Å². The smallest absolute Gasteiger partial charge is 0.164 e. The molecule has 0 aromatic heterocycles. The molecule has 4 heteroatoms. The van der Waals surface area contributed by atoms with E-state index in [-0.39, 0.29) is 24.4 Å². The summed E-state index contributed by atoms with van der Waals surface area (Å²) < 4.78 is 25.0. The number of hydrogen-bond donors (Lipinski definition) is 1. The van der Waals surface area contributed by atoms with E-state index in [1.807, 2.05) is 13.8 Å². The lowest BCUT2D eigenvalue weighted by atomic mass is 9.77. The minimum Gasteiger partial charge on any atom is -0.512 e. The Kier molecular flexibility index (Phi) is 7.24. The molecule has 2 atom stereocenters. The highest BCUT2D eigenvalue weighted by molar-refractivity contribution is 5.94. The molecule has 112 valence electrons. The van der Waals surface area contributed by atoms with Crippen LogP contribution in [-0.2, 0) is 4.79 Å². The Morgan fingerprint density at radius 1 is 1.05 bits per heavy atom. The SMILES string of the molecule is CCC(C)(CCF)C(=O)/C=C(\O)C(C)(CC)CCF. The van der Waals surface area contributed by atoms with E-state index in [9.17, 15) is 18.7 Å². The molecular weight excluding hydrogens is 250 g/mol. The highest BCUT2D eigenvalue weighted by Gasteiger charge is 2.33. The molecule has 0 aliphatic carbocycles. The van der Waals surface area contributed by atoms with Crippen LogP contribution in [0.5, 0.6) is 0 Å². The number of halogens is 2. The van der Waals surface area contributed by atoms with Crippen LogP contribution in [-0.4, -0.2) is 24.2 Å². The molecule has 0 fully saturated rings. The Morgan fingerprint density at radius 3 is 1.84 bits per heavy atom. The molecule has 19 heavy (non-hydrogen) atoms. The van der Waals surface area contributed by atoms with E-state index in [1.54, 1.807) is 13.8 Å². The summed E-state index contributed by atoms with van der Waals surface area (Å²) in [6.45, 7) is 5.96. The second-order valence-corrected chi connectivity index (χ2v) is 5.60. The van der Waals surface area contributed by atoms with Gasteiger partial charge in [-0.25, -0.2) is 0 Å². The van der Waals surface area contributed by atoms with Gasteiger partial charge in [0.2, 0.25) is 0 Å². The van der Waals surface area contributed by atoms with Crippen LogP contribution in [0.3, 0.4) is 0 Å². The van der Waals surface area contributed by atoms with Gasteiger partial charge in [0.1, 0.15) is 5.76 Å². The lowest BCUT2D eigenvalue weighted by Gasteiger charge is -2.28. The Bertz CT molecular complexity index is 328. The average molecular weight is 276 g/mol. The van der Waals surface area contributed by atoms with Gasteiger partial charge in [-0.05, 0) is 25.7 Å². The van der Waals surface area contributed by atoms with Gasteiger partial charge in [0.05, 0.1) is 13.3 Å². The predicted octanol–water partition coefficient (Wildman–Crippen LogP) is 4.55. The summed E-state index contributed by atoms with van der Waals surface area (Å²) in [4.78, 5) is 12.2. The molecule has 0 saturated carbocycles. The van der Waals surface area contributed by atoms with Gasteiger partial charge in [-0.15, -0.1) is 0 Å². The first-order valence-corrected chi connectivity index (χ1v) is 6.87. The van der Waals surface area contributed by atoms with Crippen molar-refractivity contribution in [3.63, 3.8) is 0 Å². The van der Waals surface area contributed by atoms with E-state index in [0.717, 1.165) is 0 Å². The van der Waals surface area contributed by atoms with Gasteiger partial charge in [0.15, 0.2) is 5.78 Å². The van der Waals surface area contributed by atoms with E-state index in [0.29, 0.717) is 12.8 Å². The fourth-order valence-corrected chi connectivity index (χ4v) is 1.85. The topological polar surface area (TPSA) is 37.3 Å². The van der Waals surface area contributed by atoms with E-state index in [2.05, 4.69) is 0 Å². The van der Waals surface area contributed by atoms with Gasteiger partial charge in [-0.2, -0.15) is 0 Å². The van der Waals surface area contributed by atoms with Crippen LogP contribution in [0, 0.1) is 10.8 Å². The third-order valence-electron chi connectivity index (χ3n) is 4.33. The number of hydrogen-bond acceptors (Lipinski definition) is 2. The van der Waals surface area contributed by atoms with Crippen LogP contribution in [0.15, 0.2) is 11.8 Å². The van der Waals surface area contributed by atoms with Gasteiger partial charge in [0, 0.05) is 16.9 Å². The lowest BCUT2D eigenvalue weighted by Crippen LogP contribution is -2.28. The summed E-state index contributed by atoms with van der Waals surface area (Å²) in [6.07, 6.45) is 2.52. The lowest BCUT2D eigenvalue weighted by molar-refractivity contribution is -0.124. The van der Waals surface area contributed by atoms with Crippen molar-refractivity contribution in [2.24, 2.45) is 10.8 Å². The maximum absolute atomic E-state index is 12.5. The number of carbonyl (C=O) groups excluding carboxylic acids is 1. The molecule has 0 spiro atoms. The minimum absolute atomic E-state index is 0.101. The van der Waals surface area contributed by atoms with Crippen LogP contribution in [0.2, 0.25) is 0 Å². The summed E-state index contributed by atoms with van der Waals surface area (Å²) >= 11 is 0. The zero-order valence-corrected chi connectivity index (χ0v) is 12.4. The van der Waals surface area contributed by atoms with Crippen molar-refractivity contribution >= 4 is 5.78 Å².